The van der Waals surface area contributed by atoms with Crippen LogP contribution in [0.25, 0.3) is 6.08 Å². The number of amides is 2. The van der Waals surface area contributed by atoms with Crippen molar-refractivity contribution in [3.05, 3.63) is 84.3 Å². The van der Waals surface area contributed by atoms with Gasteiger partial charge in [0, 0.05) is 23.0 Å². The maximum absolute atomic E-state index is 12.3. The van der Waals surface area contributed by atoms with Gasteiger partial charge in [-0.05, 0) is 73.7 Å². The molecule has 0 bridgehead atoms. The molecule has 0 aliphatic heterocycles. The molecule has 0 saturated carbocycles. The van der Waals surface area contributed by atoms with E-state index < -0.39 is 0 Å². The van der Waals surface area contributed by atoms with Crippen LogP contribution >= 0.6 is 0 Å². The maximum Gasteiger partial charge on any atom is 0.255 e. The smallest absolute Gasteiger partial charge is 0.255 e. The molecule has 0 radical (unpaired) electrons. The molecule has 2 aromatic carbocycles. The lowest BCUT2D eigenvalue weighted by Gasteiger charge is -2.08. The third kappa shape index (κ3) is 5.35. The van der Waals surface area contributed by atoms with E-state index in [9.17, 15) is 9.59 Å². The van der Waals surface area contributed by atoms with E-state index >= 15 is 0 Å². The Balaban J connectivity index is 1.55. The summed E-state index contributed by atoms with van der Waals surface area (Å²) in [6, 6.07) is 17.3. The van der Waals surface area contributed by atoms with Crippen LogP contribution in [-0.4, -0.2) is 18.4 Å². The van der Waals surface area contributed by atoms with Gasteiger partial charge < -0.3 is 19.8 Å². The van der Waals surface area contributed by atoms with Crippen molar-refractivity contribution in [3.63, 3.8) is 0 Å². The Hall–Kier alpha value is -3.80. The van der Waals surface area contributed by atoms with Crippen LogP contribution in [0.4, 0.5) is 11.4 Å². The molecule has 0 aliphatic rings. The molecule has 1 heterocycles. The van der Waals surface area contributed by atoms with E-state index in [0.29, 0.717) is 29.3 Å². The summed E-state index contributed by atoms with van der Waals surface area (Å²) in [5, 5.41) is 5.55. The number of anilines is 2. The fraction of sp³-hybridized carbons (Fsp3) is 0.0909. The number of carbonyl (C=O) groups excluding carboxylic acids is 2. The molecule has 1 aromatic heterocycles. The van der Waals surface area contributed by atoms with Gasteiger partial charge >= 0.3 is 0 Å². The Morgan fingerprint density at radius 1 is 0.964 bits per heavy atom. The van der Waals surface area contributed by atoms with Crippen LogP contribution in [0.3, 0.4) is 0 Å². The van der Waals surface area contributed by atoms with Gasteiger partial charge in [0.1, 0.15) is 11.5 Å². The van der Waals surface area contributed by atoms with Crippen LogP contribution in [0.1, 0.15) is 23.0 Å². The second-order valence-electron chi connectivity index (χ2n) is 5.83. The number of furan rings is 1. The summed E-state index contributed by atoms with van der Waals surface area (Å²) in [6.45, 7) is 2.50. The van der Waals surface area contributed by atoms with Crippen molar-refractivity contribution >= 4 is 29.3 Å². The van der Waals surface area contributed by atoms with Crippen LogP contribution in [0.5, 0.6) is 5.75 Å². The standard InChI is InChI=1S/C22H20N2O4/c1-2-27-20-11-9-18(10-12-20)24-22(26)16-5-7-17(8-6-16)23-21(25)14-13-19-4-3-15-28-19/h3-15H,2H2,1H3,(H,23,25)(H,24,26)/b14-13+. The number of benzene rings is 2. The third-order valence-electron chi connectivity index (χ3n) is 3.78. The monoisotopic (exact) mass is 376 g/mol. The van der Waals surface area contributed by atoms with Crippen LogP contribution in [-0.2, 0) is 4.79 Å². The minimum Gasteiger partial charge on any atom is -0.494 e. The highest BCUT2D eigenvalue weighted by molar-refractivity contribution is 6.05. The van der Waals surface area contributed by atoms with Crippen molar-refractivity contribution in [1.29, 1.82) is 0 Å². The van der Waals surface area contributed by atoms with Gasteiger partial charge in [-0.3, -0.25) is 9.59 Å². The fourth-order valence-corrected chi connectivity index (χ4v) is 2.44. The number of hydrogen-bond acceptors (Lipinski definition) is 4. The molecular weight excluding hydrogens is 356 g/mol. The summed E-state index contributed by atoms with van der Waals surface area (Å²) in [4.78, 5) is 24.3. The van der Waals surface area contributed by atoms with Gasteiger partial charge in [0.05, 0.1) is 12.9 Å². The SMILES string of the molecule is CCOc1ccc(NC(=O)c2ccc(NC(=O)/C=C/c3ccco3)cc2)cc1. The Morgan fingerprint density at radius 3 is 2.29 bits per heavy atom. The van der Waals surface area contributed by atoms with E-state index in [1.807, 2.05) is 6.92 Å². The van der Waals surface area contributed by atoms with Gasteiger partial charge in [-0.1, -0.05) is 0 Å². The van der Waals surface area contributed by atoms with Gasteiger partial charge in [0.2, 0.25) is 5.91 Å². The maximum atomic E-state index is 12.3. The normalized spacial score (nSPS) is 10.6. The van der Waals surface area contributed by atoms with Gasteiger partial charge in [-0.25, -0.2) is 0 Å². The van der Waals surface area contributed by atoms with E-state index in [2.05, 4.69) is 10.6 Å². The Labute approximate surface area is 162 Å². The van der Waals surface area contributed by atoms with Crippen molar-refractivity contribution in [2.45, 2.75) is 6.92 Å². The van der Waals surface area contributed by atoms with Crippen molar-refractivity contribution < 1.29 is 18.7 Å². The first kappa shape index (κ1) is 19.0. The number of nitrogens with one attached hydrogen (secondary N) is 2. The Bertz CT molecular complexity index is 943. The summed E-state index contributed by atoms with van der Waals surface area (Å²) in [5.74, 6) is 0.820. The van der Waals surface area contributed by atoms with Crippen LogP contribution in [0.2, 0.25) is 0 Å². The fourth-order valence-electron chi connectivity index (χ4n) is 2.44. The summed E-state index contributed by atoms with van der Waals surface area (Å²) >= 11 is 0. The lowest BCUT2D eigenvalue weighted by atomic mass is 10.2. The molecule has 2 N–H and O–H groups in total. The minimum atomic E-state index is -0.289. The van der Waals surface area contributed by atoms with E-state index in [1.165, 1.54) is 12.3 Å². The molecule has 0 aliphatic carbocycles. The molecule has 0 saturated heterocycles. The van der Waals surface area contributed by atoms with Crippen LogP contribution in [0, 0.1) is 0 Å². The summed E-state index contributed by atoms with van der Waals surface area (Å²) in [5.41, 5.74) is 1.75. The third-order valence-corrected chi connectivity index (χ3v) is 3.78. The molecule has 0 spiro atoms. The lowest BCUT2D eigenvalue weighted by molar-refractivity contribution is -0.111. The first-order valence-corrected chi connectivity index (χ1v) is 8.81. The predicted octanol–water partition coefficient (Wildman–Crippen LogP) is 4.58. The highest BCUT2D eigenvalue weighted by Crippen LogP contribution is 2.17. The zero-order chi connectivity index (χ0) is 19.8. The van der Waals surface area contributed by atoms with Crippen molar-refractivity contribution in [1.82, 2.24) is 0 Å². The average molecular weight is 376 g/mol. The molecule has 6 heteroatoms. The quantitative estimate of drug-likeness (QED) is 0.591. The molecule has 0 unspecified atom stereocenters. The summed E-state index contributed by atoms with van der Waals surface area (Å²) < 4.78 is 10.5. The van der Waals surface area contributed by atoms with Gasteiger partial charge in [-0.2, -0.15) is 0 Å². The van der Waals surface area contributed by atoms with Gasteiger partial charge in [0.25, 0.3) is 5.91 Å². The zero-order valence-corrected chi connectivity index (χ0v) is 15.3. The second kappa shape index (κ2) is 9.23. The summed E-state index contributed by atoms with van der Waals surface area (Å²) in [6.07, 6.45) is 4.49. The second-order valence-corrected chi connectivity index (χ2v) is 5.83. The summed E-state index contributed by atoms with van der Waals surface area (Å²) in [7, 11) is 0. The van der Waals surface area contributed by atoms with E-state index in [-0.39, 0.29) is 11.8 Å². The molecular formula is C22H20N2O4. The molecule has 3 aromatic rings. The van der Waals surface area contributed by atoms with Crippen molar-refractivity contribution in [2.75, 3.05) is 17.2 Å². The molecule has 3 rings (SSSR count). The minimum absolute atomic E-state index is 0.236. The van der Waals surface area contributed by atoms with Gasteiger partial charge in [0.15, 0.2) is 0 Å². The number of carbonyl (C=O) groups is 2. The molecule has 142 valence electrons. The highest BCUT2D eigenvalue weighted by Gasteiger charge is 2.07. The highest BCUT2D eigenvalue weighted by atomic mass is 16.5. The number of ether oxygens (including phenoxy) is 1. The van der Waals surface area contributed by atoms with Crippen molar-refractivity contribution in [2.24, 2.45) is 0 Å². The van der Waals surface area contributed by atoms with E-state index in [1.54, 1.807) is 66.7 Å². The largest absolute Gasteiger partial charge is 0.494 e. The topological polar surface area (TPSA) is 80.6 Å². The lowest BCUT2D eigenvalue weighted by Crippen LogP contribution is -2.12. The van der Waals surface area contributed by atoms with E-state index in [4.69, 9.17) is 9.15 Å². The van der Waals surface area contributed by atoms with Crippen LogP contribution in [0.15, 0.2) is 77.4 Å². The molecule has 28 heavy (non-hydrogen) atoms. The molecule has 2 amide bonds. The molecule has 0 atom stereocenters. The number of rotatable bonds is 7. The van der Waals surface area contributed by atoms with E-state index in [0.717, 1.165) is 5.75 Å². The Morgan fingerprint density at radius 2 is 1.64 bits per heavy atom. The Kier molecular flexibility index (Phi) is 6.25. The van der Waals surface area contributed by atoms with Crippen LogP contribution < -0.4 is 15.4 Å². The van der Waals surface area contributed by atoms with Gasteiger partial charge in [-0.15, -0.1) is 0 Å². The first-order chi connectivity index (χ1) is 13.6. The predicted molar refractivity (Wildman–Crippen MR) is 108 cm³/mol. The zero-order valence-electron chi connectivity index (χ0n) is 15.3. The average Bonchev–Trinajstić information content (AvgIpc) is 3.22. The molecule has 0 fully saturated rings. The van der Waals surface area contributed by atoms with Crippen molar-refractivity contribution in [3.8, 4) is 5.75 Å². The number of hydrogen-bond donors (Lipinski definition) is 2. The first-order valence-electron chi connectivity index (χ1n) is 8.81. The molecule has 6 nitrogen and oxygen atoms in total.